The summed E-state index contributed by atoms with van der Waals surface area (Å²) < 4.78 is 0. The number of pyridine rings is 1. The minimum Gasteiger partial charge on any atom is -0.339 e. The molecule has 7 heteroatoms. The lowest BCUT2D eigenvalue weighted by Gasteiger charge is -2.05. The molecule has 132 valence electrons. The van der Waals surface area contributed by atoms with E-state index in [1.807, 2.05) is 64.5 Å². The number of nitrogens with zero attached hydrogens (tertiary/aromatic N) is 6. The van der Waals surface area contributed by atoms with Gasteiger partial charge in [-0.3, -0.25) is 4.98 Å². The van der Waals surface area contributed by atoms with Crippen LogP contribution in [0, 0.1) is 6.92 Å². The normalized spacial score (nSPS) is 11.6. The molecule has 3 heterocycles. The summed E-state index contributed by atoms with van der Waals surface area (Å²) >= 11 is 0. The molecule has 0 fully saturated rings. The van der Waals surface area contributed by atoms with Gasteiger partial charge in [0.25, 0.3) is 0 Å². The van der Waals surface area contributed by atoms with Crippen LogP contribution < -0.4 is 0 Å². The topological polar surface area (TPSA) is 75.5 Å². The zero-order valence-electron chi connectivity index (χ0n) is 15.4. The van der Waals surface area contributed by atoms with Crippen molar-refractivity contribution in [2.24, 2.45) is 7.05 Å². The smallest absolute Gasteiger partial charge is 0.121 e. The van der Waals surface area contributed by atoms with E-state index in [2.05, 4.69) is 25.1 Å². The standard InChI is InChI=1S/C19H21N7/c1-12-6-5-7-15(20-12)19-18(21-17(22-19)11-25(2)3)13-8-9-14-16(10-13)24-26(4)23-14/h5-10H,11H2,1-4H3,(H,21,22). The molecule has 0 bridgehead atoms. The van der Waals surface area contributed by atoms with E-state index in [0.29, 0.717) is 0 Å². The monoisotopic (exact) mass is 347 g/mol. The summed E-state index contributed by atoms with van der Waals surface area (Å²) in [5.74, 6) is 0.905. The Labute approximate surface area is 151 Å². The summed E-state index contributed by atoms with van der Waals surface area (Å²) in [6, 6.07) is 12.0. The van der Waals surface area contributed by atoms with Gasteiger partial charge in [0.1, 0.15) is 16.9 Å². The summed E-state index contributed by atoms with van der Waals surface area (Å²) in [6.07, 6.45) is 0. The first-order chi connectivity index (χ1) is 12.5. The molecule has 26 heavy (non-hydrogen) atoms. The summed E-state index contributed by atoms with van der Waals surface area (Å²) in [5, 5.41) is 8.76. The van der Waals surface area contributed by atoms with Crippen LogP contribution in [0.1, 0.15) is 11.5 Å². The molecule has 3 aromatic heterocycles. The lowest BCUT2D eigenvalue weighted by molar-refractivity contribution is 0.392. The highest BCUT2D eigenvalue weighted by Gasteiger charge is 2.17. The van der Waals surface area contributed by atoms with E-state index in [0.717, 1.165) is 51.7 Å². The predicted octanol–water partition coefficient (Wildman–Crippen LogP) is 2.79. The third kappa shape index (κ3) is 3.09. The molecule has 0 radical (unpaired) electrons. The SMILES string of the molecule is Cc1cccc(-c2[nH]c(CN(C)C)nc2-c2ccc3nn(C)nc3c2)n1. The summed E-state index contributed by atoms with van der Waals surface area (Å²) in [5.41, 5.74) is 6.39. The van der Waals surface area contributed by atoms with Gasteiger partial charge in [-0.25, -0.2) is 4.98 Å². The third-order valence-corrected chi connectivity index (χ3v) is 4.12. The fraction of sp³-hybridized carbons (Fsp3) is 0.263. The molecule has 4 rings (SSSR count). The fourth-order valence-corrected chi connectivity index (χ4v) is 3.04. The van der Waals surface area contributed by atoms with Crippen molar-refractivity contribution in [3.63, 3.8) is 0 Å². The number of imidazole rings is 1. The molecule has 0 atom stereocenters. The second-order valence-corrected chi connectivity index (χ2v) is 6.70. The van der Waals surface area contributed by atoms with Crippen molar-refractivity contribution in [1.82, 2.24) is 34.8 Å². The molecule has 0 aliphatic heterocycles. The lowest BCUT2D eigenvalue weighted by atomic mass is 10.1. The number of hydrogen-bond acceptors (Lipinski definition) is 5. The van der Waals surface area contributed by atoms with Crippen LogP contribution in [0.3, 0.4) is 0 Å². The third-order valence-electron chi connectivity index (χ3n) is 4.12. The van der Waals surface area contributed by atoms with E-state index in [1.165, 1.54) is 0 Å². The Bertz CT molecular complexity index is 1070. The quantitative estimate of drug-likeness (QED) is 0.614. The Kier molecular flexibility index (Phi) is 4.00. The first kappa shape index (κ1) is 16.4. The first-order valence-electron chi connectivity index (χ1n) is 8.49. The largest absolute Gasteiger partial charge is 0.339 e. The van der Waals surface area contributed by atoms with E-state index in [-0.39, 0.29) is 0 Å². The Morgan fingerprint density at radius 1 is 1.04 bits per heavy atom. The summed E-state index contributed by atoms with van der Waals surface area (Å²) in [6.45, 7) is 2.72. The molecule has 0 spiro atoms. The predicted molar refractivity (Wildman–Crippen MR) is 101 cm³/mol. The molecule has 7 nitrogen and oxygen atoms in total. The van der Waals surface area contributed by atoms with Gasteiger partial charge in [-0.05, 0) is 45.3 Å². The van der Waals surface area contributed by atoms with Crippen molar-refractivity contribution < 1.29 is 0 Å². The second-order valence-electron chi connectivity index (χ2n) is 6.70. The molecular formula is C19H21N7. The Morgan fingerprint density at radius 3 is 2.62 bits per heavy atom. The van der Waals surface area contributed by atoms with E-state index in [1.54, 1.807) is 4.80 Å². The maximum Gasteiger partial charge on any atom is 0.121 e. The minimum atomic E-state index is 0.728. The molecule has 0 amide bonds. The van der Waals surface area contributed by atoms with E-state index in [9.17, 15) is 0 Å². The number of aromatic amines is 1. The van der Waals surface area contributed by atoms with Crippen LogP contribution in [0.4, 0.5) is 0 Å². The number of H-pyrrole nitrogens is 1. The Hall–Kier alpha value is -3.06. The molecule has 1 aromatic carbocycles. The minimum absolute atomic E-state index is 0.728. The van der Waals surface area contributed by atoms with Gasteiger partial charge in [0.2, 0.25) is 0 Å². The molecule has 0 unspecified atom stereocenters. The average molecular weight is 347 g/mol. The highest BCUT2D eigenvalue weighted by Crippen LogP contribution is 2.30. The fourth-order valence-electron chi connectivity index (χ4n) is 3.04. The van der Waals surface area contributed by atoms with Crippen molar-refractivity contribution in [2.45, 2.75) is 13.5 Å². The summed E-state index contributed by atoms with van der Waals surface area (Å²) in [7, 11) is 5.88. The van der Waals surface area contributed by atoms with Gasteiger partial charge in [0, 0.05) is 18.3 Å². The Morgan fingerprint density at radius 2 is 1.85 bits per heavy atom. The second kappa shape index (κ2) is 6.34. The average Bonchev–Trinajstić information content (AvgIpc) is 3.16. The van der Waals surface area contributed by atoms with Gasteiger partial charge in [0.05, 0.1) is 23.6 Å². The van der Waals surface area contributed by atoms with Crippen LogP contribution in [0.15, 0.2) is 36.4 Å². The summed E-state index contributed by atoms with van der Waals surface area (Å²) in [4.78, 5) is 16.6. The number of fused-ring (bicyclic) bond motifs is 1. The van der Waals surface area contributed by atoms with Gasteiger partial charge in [-0.1, -0.05) is 12.1 Å². The van der Waals surface area contributed by atoms with Crippen LogP contribution in [-0.4, -0.2) is 48.9 Å². The number of rotatable bonds is 4. The number of aryl methyl sites for hydroxylation is 2. The zero-order chi connectivity index (χ0) is 18.3. The van der Waals surface area contributed by atoms with Gasteiger partial charge < -0.3 is 9.88 Å². The molecule has 0 saturated heterocycles. The van der Waals surface area contributed by atoms with E-state index in [4.69, 9.17) is 4.98 Å². The maximum absolute atomic E-state index is 4.85. The molecule has 4 aromatic rings. The van der Waals surface area contributed by atoms with Crippen LogP contribution in [0.25, 0.3) is 33.7 Å². The highest BCUT2D eigenvalue weighted by atomic mass is 15.4. The van der Waals surface area contributed by atoms with Gasteiger partial charge in [-0.15, -0.1) is 0 Å². The van der Waals surface area contributed by atoms with Gasteiger partial charge >= 0.3 is 0 Å². The highest BCUT2D eigenvalue weighted by molar-refractivity contribution is 5.84. The van der Waals surface area contributed by atoms with Crippen LogP contribution in [0.2, 0.25) is 0 Å². The van der Waals surface area contributed by atoms with Crippen molar-refractivity contribution >= 4 is 11.0 Å². The van der Waals surface area contributed by atoms with Crippen LogP contribution >= 0.6 is 0 Å². The van der Waals surface area contributed by atoms with Gasteiger partial charge in [0.15, 0.2) is 0 Å². The van der Waals surface area contributed by atoms with Crippen LogP contribution in [0.5, 0.6) is 0 Å². The van der Waals surface area contributed by atoms with Crippen LogP contribution in [-0.2, 0) is 13.6 Å². The van der Waals surface area contributed by atoms with Crippen molar-refractivity contribution in [1.29, 1.82) is 0 Å². The lowest BCUT2D eigenvalue weighted by Crippen LogP contribution is -2.11. The first-order valence-corrected chi connectivity index (χ1v) is 8.49. The van der Waals surface area contributed by atoms with Crippen molar-refractivity contribution in [3.05, 3.63) is 47.9 Å². The Balaban J connectivity index is 1.88. The number of nitrogens with one attached hydrogen (secondary N) is 1. The van der Waals surface area contributed by atoms with Gasteiger partial charge in [-0.2, -0.15) is 15.0 Å². The van der Waals surface area contributed by atoms with Crippen molar-refractivity contribution in [3.8, 4) is 22.6 Å². The molecule has 0 aliphatic carbocycles. The van der Waals surface area contributed by atoms with E-state index < -0.39 is 0 Å². The van der Waals surface area contributed by atoms with E-state index >= 15 is 0 Å². The molecule has 0 saturated carbocycles. The molecule has 1 N–H and O–H groups in total. The molecule has 0 aliphatic rings. The number of hydrogen-bond donors (Lipinski definition) is 1. The molecular weight excluding hydrogens is 326 g/mol. The van der Waals surface area contributed by atoms with Crippen molar-refractivity contribution in [2.75, 3.05) is 14.1 Å². The number of benzene rings is 1. The zero-order valence-corrected chi connectivity index (χ0v) is 15.4. The number of aromatic nitrogens is 6. The maximum atomic E-state index is 4.85.